The Morgan fingerprint density at radius 2 is 2.16 bits per heavy atom. The lowest BCUT2D eigenvalue weighted by atomic mass is 9.98. The Hall–Kier alpha value is -2.81. The van der Waals surface area contributed by atoms with E-state index in [9.17, 15) is 13.2 Å². The topological polar surface area (TPSA) is 93.7 Å². The van der Waals surface area contributed by atoms with Crippen molar-refractivity contribution in [3.63, 3.8) is 0 Å². The van der Waals surface area contributed by atoms with Crippen LogP contribution in [0.2, 0.25) is 0 Å². The number of allylic oxidation sites excluding steroid dienone is 3. The van der Waals surface area contributed by atoms with Crippen LogP contribution in [0.25, 0.3) is 11.8 Å². The SMILES string of the molecule is CNC1C=C(C(F)(F)F)C(n2cccc2/C=C/C=N/N=C(N)N)=CC1. The smallest absolute Gasteiger partial charge is 0.369 e. The second-order valence-corrected chi connectivity index (χ2v) is 5.25. The van der Waals surface area contributed by atoms with E-state index < -0.39 is 11.7 Å². The van der Waals surface area contributed by atoms with E-state index in [0.717, 1.165) is 0 Å². The first-order valence-corrected chi connectivity index (χ1v) is 7.46. The molecule has 1 unspecified atom stereocenters. The van der Waals surface area contributed by atoms with Gasteiger partial charge in [0.15, 0.2) is 0 Å². The van der Waals surface area contributed by atoms with Crippen molar-refractivity contribution in [3.05, 3.63) is 47.8 Å². The zero-order chi connectivity index (χ0) is 18.4. The molecule has 0 aromatic carbocycles. The molecule has 1 heterocycles. The molecule has 0 radical (unpaired) electrons. The van der Waals surface area contributed by atoms with Gasteiger partial charge in [0, 0.05) is 24.1 Å². The number of alkyl halides is 3. The van der Waals surface area contributed by atoms with Crippen LogP contribution in [-0.2, 0) is 0 Å². The summed E-state index contributed by atoms with van der Waals surface area (Å²) in [5, 5.41) is 9.86. The van der Waals surface area contributed by atoms with Crippen molar-refractivity contribution >= 4 is 23.9 Å². The van der Waals surface area contributed by atoms with Crippen molar-refractivity contribution in [2.24, 2.45) is 21.7 Å². The summed E-state index contributed by atoms with van der Waals surface area (Å²) in [6.45, 7) is 0. The van der Waals surface area contributed by atoms with Gasteiger partial charge in [0.05, 0.1) is 11.3 Å². The summed E-state index contributed by atoms with van der Waals surface area (Å²) in [4.78, 5) is 0. The molecular weight excluding hydrogens is 333 g/mol. The molecule has 6 nitrogen and oxygen atoms in total. The minimum atomic E-state index is -4.44. The zero-order valence-corrected chi connectivity index (χ0v) is 13.5. The lowest BCUT2D eigenvalue weighted by molar-refractivity contribution is -0.0880. The highest BCUT2D eigenvalue weighted by Crippen LogP contribution is 2.37. The van der Waals surface area contributed by atoms with Crippen LogP contribution in [-0.4, -0.2) is 36.0 Å². The van der Waals surface area contributed by atoms with Crippen molar-refractivity contribution < 1.29 is 13.2 Å². The summed E-state index contributed by atoms with van der Waals surface area (Å²) >= 11 is 0. The molecule has 0 aliphatic heterocycles. The van der Waals surface area contributed by atoms with Gasteiger partial charge in [-0.05, 0) is 37.8 Å². The van der Waals surface area contributed by atoms with Gasteiger partial charge >= 0.3 is 6.18 Å². The van der Waals surface area contributed by atoms with Gasteiger partial charge in [-0.2, -0.15) is 18.3 Å². The molecule has 25 heavy (non-hydrogen) atoms. The summed E-state index contributed by atoms with van der Waals surface area (Å²) < 4.78 is 41.8. The molecule has 1 aliphatic rings. The molecular formula is C16H19F3N6. The van der Waals surface area contributed by atoms with Crippen LogP contribution in [0.15, 0.2) is 52.3 Å². The van der Waals surface area contributed by atoms with Gasteiger partial charge in [-0.3, -0.25) is 0 Å². The van der Waals surface area contributed by atoms with E-state index in [2.05, 4.69) is 15.5 Å². The Balaban J connectivity index is 2.30. The number of likely N-dealkylation sites (N-methyl/N-ethyl adjacent to an activating group) is 1. The summed E-state index contributed by atoms with van der Waals surface area (Å²) in [5.41, 5.74) is 10.3. The number of nitrogens with zero attached hydrogens (tertiary/aromatic N) is 3. The summed E-state index contributed by atoms with van der Waals surface area (Å²) in [6.07, 6.45) is 4.89. The molecule has 134 valence electrons. The molecule has 1 atom stereocenters. The number of hydrogen-bond acceptors (Lipinski definition) is 3. The maximum atomic E-state index is 13.4. The molecule has 0 amide bonds. The maximum absolute atomic E-state index is 13.4. The predicted molar refractivity (Wildman–Crippen MR) is 93.6 cm³/mol. The molecule has 1 aliphatic carbocycles. The van der Waals surface area contributed by atoms with Crippen LogP contribution in [0.4, 0.5) is 13.2 Å². The van der Waals surface area contributed by atoms with Crippen molar-refractivity contribution in [1.29, 1.82) is 0 Å². The highest BCUT2D eigenvalue weighted by molar-refractivity contribution is 5.81. The van der Waals surface area contributed by atoms with Gasteiger partial charge in [0.1, 0.15) is 0 Å². The monoisotopic (exact) mass is 352 g/mol. The van der Waals surface area contributed by atoms with E-state index in [1.54, 1.807) is 37.5 Å². The average Bonchev–Trinajstić information content (AvgIpc) is 3.01. The molecule has 0 bridgehead atoms. The summed E-state index contributed by atoms with van der Waals surface area (Å²) in [6, 6.07) is 3.03. The highest BCUT2D eigenvalue weighted by atomic mass is 19.4. The van der Waals surface area contributed by atoms with Gasteiger partial charge in [0.2, 0.25) is 5.96 Å². The van der Waals surface area contributed by atoms with E-state index in [-0.39, 0.29) is 17.7 Å². The first kappa shape index (κ1) is 18.5. The molecule has 9 heteroatoms. The summed E-state index contributed by atoms with van der Waals surface area (Å²) in [7, 11) is 1.63. The van der Waals surface area contributed by atoms with E-state index in [1.165, 1.54) is 22.9 Å². The predicted octanol–water partition coefficient (Wildman–Crippen LogP) is 2.08. The second-order valence-electron chi connectivity index (χ2n) is 5.25. The highest BCUT2D eigenvalue weighted by Gasteiger charge is 2.38. The van der Waals surface area contributed by atoms with E-state index in [0.29, 0.717) is 12.1 Å². The lowest BCUT2D eigenvalue weighted by Gasteiger charge is -2.25. The molecule has 0 fully saturated rings. The third-order valence-corrected chi connectivity index (χ3v) is 3.52. The number of aromatic nitrogens is 1. The van der Waals surface area contributed by atoms with E-state index in [1.807, 2.05) is 0 Å². The lowest BCUT2D eigenvalue weighted by Crippen LogP contribution is -2.29. The van der Waals surface area contributed by atoms with Crippen LogP contribution in [0, 0.1) is 0 Å². The molecule has 0 spiro atoms. The third-order valence-electron chi connectivity index (χ3n) is 3.52. The van der Waals surface area contributed by atoms with Crippen molar-refractivity contribution in [2.45, 2.75) is 18.6 Å². The maximum Gasteiger partial charge on any atom is 0.418 e. The first-order chi connectivity index (χ1) is 11.8. The molecule has 5 N–H and O–H groups in total. The normalized spacial score (nSPS) is 18.5. The number of guanidine groups is 1. The second kappa shape index (κ2) is 7.84. The Bertz CT molecular complexity index is 748. The van der Waals surface area contributed by atoms with Crippen molar-refractivity contribution in [3.8, 4) is 0 Å². The standard InChI is InChI=1S/C16H19F3N6/c1-22-11-6-7-14(13(10-11)16(17,18)19)25-9-3-5-12(25)4-2-8-23-24-15(20)21/h2-5,7-11,22H,6H2,1H3,(H4,20,21,24)/b4-2+,23-8+. The largest absolute Gasteiger partial charge is 0.418 e. The number of nitrogens with one attached hydrogen (secondary N) is 1. The fourth-order valence-corrected chi connectivity index (χ4v) is 2.40. The number of rotatable bonds is 5. The van der Waals surface area contributed by atoms with Crippen LogP contribution < -0.4 is 16.8 Å². The van der Waals surface area contributed by atoms with Crippen LogP contribution in [0.5, 0.6) is 0 Å². The quantitative estimate of drug-likeness (QED) is 0.430. The Morgan fingerprint density at radius 1 is 1.40 bits per heavy atom. The van der Waals surface area contributed by atoms with Crippen LogP contribution in [0.1, 0.15) is 12.1 Å². The molecule has 0 saturated carbocycles. The van der Waals surface area contributed by atoms with Crippen LogP contribution >= 0.6 is 0 Å². The number of nitrogens with two attached hydrogens (primary N) is 2. The van der Waals surface area contributed by atoms with Gasteiger partial charge in [-0.25, -0.2) is 0 Å². The van der Waals surface area contributed by atoms with Gasteiger partial charge in [-0.1, -0.05) is 12.2 Å². The Labute approximate surface area is 143 Å². The Morgan fingerprint density at radius 3 is 2.80 bits per heavy atom. The third kappa shape index (κ3) is 4.83. The molecule has 2 rings (SSSR count). The average molecular weight is 352 g/mol. The molecule has 1 aromatic heterocycles. The molecule has 1 aromatic rings. The number of halogens is 3. The Kier molecular flexibility index (Phi) is 5.81. The minimum Gasteiger partial charge on any atom is -0.369 e. The zero-order valence-electron chi connectivity index (χ0n) is 13.5. The minimum absolute atomic E-state index is 0.102. The van der Waals surface area contributed by atoms with Crippen molar-refractivity contribution in [1.82, 2.24) is 9.88 Å². The fourth-order valence-electron chi connectivity index (χ4n) is 2.40. The van der Waals surface area contributed by atoms with Gasteiger partial charge in [0.25, 0.3) is 0 Å². The van der Waals surface area contributed by atoms with Crippen molar-refractivity contribution in [2.75, 3.05) is 7.05 Å². The van der Waals surface area contributed by atoms with Gasteiger partial charge < -0.3 is 21.4 Å². The number of hydrogen-bond donors (Lipinski definition) is 3. The van der Waals surface area contributed by atoms with Gasteiger partial charge in [-0.15, -0.1) is 5.10 Å². The van der Waals surface area contributed by atoms with E-state index in [4.69, 9.17) is 11.5 Å². The first-order valence-electron chi connectivity index (χ1n) is 7.46. The summed E-state index contributed by atoms with van der Waals surface area (Å²) in [5.74, 6) is -0.181. The van der Waals surface area contributed by atoms with Crippen LogP contribution in [0.3, 0.4) is 0 Å². The fraction of sp³-hybridized carbons (Fsp3) is 0.250. The van der Waals surface area contributed by atoms with E-state index >= 15 is 0 Å². The molecule has 0 saturated heterocycles.